The molecule has 3 aliphatic rings. The molecule has 0 spiro atoms. The van der Waals surface area contributed by atoms with Crippen molar-refractivity contribution in [3.63, 3.8) is 0 Å². The molecule has 0 aliphatic carbocycles. The van der Waals surface area contributed by atoms with Gasteiger partial charge in [-0.3, -0.25) is 14.5 Å². The number of nitrogens with zero attached hydrogens (tertiary/aromatic N) is 8. The number of allylic oxidation sites excluding steroid dienone is 2. The van der Waals surface area contributed by atoms with Crippen LogP contribution in [0.5, 0.6) is 5.75 Å². The SMILES string of the molecule is CC(C)(C)OC(=O)N1CCC(n2ccc3cc(Nc4ncc5c(=O)n6n(c5n4)-c4ccc5c(n4)N(CCC/C=C\C6)C(=O)CO5)ccc32)CC1. The molecule has 1 aromatic carbocycles. The lowest BCUT2D eigenvalue weighted by Gasteiger charge is -2.34. The van der Waals surface area contributed by atoms with Gasteiger partial charge in [-0.2, -0.15) is 4.98 Å². The number of hydrogen-bond donors (Lipinski definition) is 1. The summed E-state index contributed by atoms with van der Waals surface area (Å²) >= 11 is 0. The summed E-state index contributed by atoms with van der Waals surface area (Å²) in [5.41, 5.74) is 1.54. The Morgan fingerprint density at radius 3 is 2.68 bits per heavy atom. The molecule has 2 amide bonds. The summed E-state index contributed by atoms with van der Waals surface area (Å²) < 4.78 is 16.8. The van der Waals surface area contributed by atoms with Gasteiger partial charge in [0.15, 0.2) is 29.6 Å². The second-order valence-electron chi connectivity index (χ2n) is 13.9. The van der Waals surface area contributed by atoms with Crippen LogP contribution < -0.4 is 20.5 Å². The Bertz CT molecular complexity index is 2220. The number of nitrogens with one attached hydrogen (secondary N) is 1. The average molecular weight is 678 g/mol. The van der Waals surface area contributed by atoms with Crippen molar-refractivity contribution in [3.8, 4) is 11.6 Å². The molecule has 7 heterocycles. The molecular weight excluding hydrogens is 638 g/mol. The molecule has 0 atom stereocenters. The maximum Gasteiger partial charge on any atom is 0.410 e. The largest absolute Gasteiger partial charge is 0.480 e. The predicted molar refractivity (Wildman–Crippen MR) is 188 cm³/mol. The van der Waals surface area contributed by atoms with Crippen LogP contribution in [-0.2, 0) is 16.1 Å². The number of hydrogen-bond acceptors (Lipinski definition) is 9. The fraction of sp³-hybridized carbons (Fsp3) is 0.389. The molecule has 0 unspecified atom stereocenters. The van der Waals surface area contributed by atoms with Crippen LogP contribution in [-0.4, -0.2) is 77.6 Å². The Labute approximate surface area is 287 Å². The number of likely N-dealkylation sites (tertiary alicyclic amines) is 1. The Hall–Kier alpha value is -5.66. The summed E-state index contributed by atoms with van der Waals surface area (Å²) in [6.45, 7) is 7.75. The number of carbonyl (C=O) groups excluding carboxylic acids is 2. The summed E-state index contributed by atoms with van der Waals surface area (Å²) in [5, 5.41) is 4.74. The fourth-order valence-corrected chi connectivity index (χ4v) is 6.90. The minimum absolute atomic E-state index is 0.0328. The van der Waals surface area contributed by atoms with Gasteiger partial charge in [0.1, 0.15) is 11.0 Å². The van der Waals surface area contributed by atoms with E-state index in [9.17, 15) is 14.4 Å². The zero-order chi connectivity index (χ0) is 34.6. The highest BCUT2D eigenvalue weighted by Crippen LogP contribution is 2.33. The van der Waals surface area contributed by atoms with Gasteiger partial charge in [-0.05, 0) is 82.9 Å². The Morgan fingerprint density at radius 1 is 1.02 bits per heavy atom. The number of pyridine rings is 1. The summed E-state index contributed by atoms with van der Waals surface area (Å²) in [6, 6.07) is 12.0. The molecule has 1 saturated heterocycles. The van der Waals surface area contributed by atoms with Crippen LogP contribution in [0, 0.1) is 0 Å². The Balaban J connectivity index is 1.08. The van der Waals surface area contributed by atoms with Crippen molar-refractivity contribution in [2.24, 2.45) is 0 Å². The van der Waals surface area contributed by atoms with Crippen molar-refractivity contribution in [1.29, 1.82) is 0 Å². The van der Waals surface area contributed by atoms with E-state index in [1.54, 1.807) is 31.3 Å². The van der Waals surface area contributed by atoms with E-state index in [0.29, 0.717) is 60.5 Å². The second kappa shape index (κ2) is 12.3. The Kier molecular flexibility index (Phi) is 7.80. The van der Waals surface area contributed by atoms with Gasteiger partial charge in [-0.25, -0.2) is 24.1 Å². The molecule has 1 N–H and O–H groups in total. The van der Waals surface area contributed by atoms with Gasteiger partial charge >= 0.3 is 6.09 Å². The summed E-state index contributed by atoms with van der Waals surface area (Å²) in [4.78, 5) is 56.6. The standard InChI is InChI=1S/C36H39N9O5/c1-36(2,3)50-35(48)41-17-13-25(14-18-41)42-19-12-23-20-24(8-9-27(23)42)38-34-37-21-26-31(40-34)45-29-11-10-28-32(39-29)43(30(46)22-49-28)15-6-4-5-7-16-44(45)33(26)47/h5,7-12,19-21,25H,4,6,13-18,22H2,1-3H3,(H,37,38,40)/b7-5-. The van der Waals surface area contributed by atoms with E-state index in [4.69, 9.17) is 19.4 Å². The molecule has 0 saturated carbocycles. The zero-order valence-corrected chi connectivity index (χ0v) is 28.3. The number of rotatable bonds is 3. The summed E-state index contributed by atoms with van der Waals surface area (Å²) in [6.07, 6.45) is 10.6. The lowest BCUT2D eigenvalue weighted by Crippen LogP contribution is -2.42. The molecule has 0 radical (unpaired) electrons. The van der Waals surface area contributed by atoms with Gasteiger partial charge in [0.25, 0.3) is 11.5 Å². The second-order valence-corrected chi connectivity index (χ2v) is 13.9. The van der Waals surface area contributed by atoms with Crippen LogP contribution in [0.3, 0.4) is 0 Å². The molecule has 5 aromatic rings. The lowest BCUT2D eigenvalue weighted by molar-refractivity contribution is -0.121. The van der Waals surface area contributed by atoms with Crippen LogP contribution in [0.2, 0.25) is 0 Å². The summed E-state index contributed by atoms with van der Waals surface area (Å²) in [5.74, 6) is 1.58. The molecule has 1 fully saturated rings. The van der Waals surface area contributed by atoms with Crippen molar-refractivity contribution >= 4 is 51.4 Å². The third-order valence-corrected chi connectivity index (χ3v) is 9.31. The predicted octanol–water partition coefficient (Wildman–Crippen LogP) is 5.32. The third-order valence-electron chi connectivity index (χ3n) is 9.31. The van der Waals surface area contributed by atoms with Crippen molar-refractivity contribution in [1.82, 2.24) is 33.8 Å². The van der Waals surface area contributed by atoms with Gasteiger partial charge < -0.3 is 24.3 Å². The van der Waals surface area contributed by atoms with E-state index < -0.39 is 5.60 Å². The number of piperidine rings is 1. The molecule has 258 valence electrons. The highest BCUT2D eigenvalue weighted by molar-refractivity contribution is 5.96. The fourth-order valence-electron chi connectivity index (χ4n) is 6.90. The van der Waals surface area contributed by atoms with E-state index in [1.165, 1.54) is 6.20 Å². The first-order chi connectivity index (χ1) is 24.1. The third kappa shape index (κ3) is 5.84. The summed E-state index contributed by atoms with van der Waals surface area (Å²) in [7, 11) is 0. The zero-order valence-electron chi connectivity index (χ0n) is 28.3. The number of benzene rings is 1. The molecule has 4 aromatic heterocycles. The first-order valence-corrected chi connectivity index (χ1v) is 17.1. The monoisotopic (exact) mass is 677 g/mol. The molecule has 3 aliphatic heterocycles. The first-order valence-electron chi connectivity index (χ1n) is 17.1. The minimum atomic E-state index is -0.513. The van der Waals surface area contributed by atoms with Crippen LogP contribution in [0.25, 0.3) is 27.8 Å². The van der Waals surface area contributed by atoms with Gasteiger partial charge in [0.2, 0.25) is 5.95 Å². The van der Waals surface area contributed by atoms with Gasteiger partial charge in [-0.15, -0.1) is 0 Å². The van der Waals surface area contributed by atoms with E-state index in [1.807, 2.05) is 45.1 Å². The van der Waals surface area contributed by atoms with E-state index in [-0.39, 0.29) is 30.2 Å². The van der Waals surface area contributed by atoms with Crippen molar-refractivity contribution < 1.29 is 19.1 Å². The maximum atomic E-state index is 13.7. The highest BCUT2D eigenvalue weighted by Gasteiger charge is 2.30. The number of fused-ring (bicyclic) bond motifs is 6. The molecule has 50 heavy (non-hydrogen) atoms. The first kappa shape index (κ1) is 31.6. The minimum Gasteiger partial charge on any atom is -0.480 e. The molecule has 8 rings (SSSR count). The van der Waals surface area contributed by atoms with Crippen molar-refractivity contribution in [2.45, 2.75) is 64.6 Å². The quantitative estimate of drug-likeness (QED) is 0.251. The van der Waals surface area contributed by atoms with Crippen LogP contribution >= 0.6 is 0 Å². The van der Waals surface area contributed by atoms with Crippen LogP contribution in [0.1, 0.15) is 52.5 Å². The molecule has 14 heteroatoms. The van der Waals surface area contributed by atoms with Crippen LogP contribution in [0.4, 0.5) is 22.2 Å². The highest BCUT2D eigenvalue weighted by atomic mass is 16.6. The van der Waals surface area contributed by atoms with Gasteiger partial charge in [0, 0.05) is 54.7 Å². The molecular formula is C36H39N9O5. The molecule has 2 bridgehead atoms. The average Bonchev–Trinajstić information content (AvgIpc) is 3.63. The van der Waals surface area contributed by atoms with Gasteiger partial charge in [0.05, 0.1) is 6.54 Å². The normalized spacial score (nSPS) is 17.5. The smallest absolute Gasteiger partial charge is 0.410 e. The number of carbonyl (C=O) groups is 2. The number of ether oxygens (including phenoxy) is 2. The van der Waals surface area contributed by atoms with E-state index in [2.05, 4.69) is 33.2 Å². The van der Waals surface area contributed by atoms with Gasteiger partial charge in [-0.1, -0.05) is 12.2 Å². The van der Waals surface area contributed by atoms with E-state index >= 15 is 0 Å². The molecule has 14 nitrogen and oxygen atoms in total. The number of amides is 2. The number of aromatic nitrogens is 6. The van der Waals surface area contributed by atoms with Crippen LogP contribution in [0.15, 0.2) is 65.7 Å². The maximum absolute atomic E-state index is 13.7. The lowest BCUT2D eigenvalue weighted by atomic mass is 10.0. The Morgan fingerprint density at radius 2 is 1.86 bits per heavy atom. The van der Waals surface area contributed by atoms with E-state index in [0.717, 1.165) is 42.3 Å². The van der Waals surface area contributed by atoms with Crippen molar-refractivity contribution in [2.75, 3.05) is 36.5 Å². The number of anilines is 3. The topological polar surface area (TPSA) is 142 Å². The van der Waals surface area contributed by atoms with Crippen molar-refractivity contribution in [3.05, 3.63) is 71.3 Å².